The van der Waals surface area contributed by atoms with Crippen molar-refractivity contribution >= 4 is 11.5 Å². The van der Waals surface area contributed by atoms with Crippen molar-refractivity contribution in [1.82, 2.24) is 9.97 Å². The van der Waals surface area contributed by atoms with Crippen LogP contribution in [0, 0.1) is 11.3 Å². The van der Waals surface area contributed by atoms with Crippen LogP contribution in [0.25, 0.3) is 0 Å². The number of hydrogen-bond acceptors (Lipinski definition) is 5. The Hall–Kier alpha value is -2.61. The number of nitriles is 1. The number of hydrogen-bond donors (Lipinski definition) is 1. The van der Waals surface area contributed by atoms with Crippen molar-refractivity contribution in [3.63, 3.8) is 0 Å². The Balaban J connectivity index is 2.01. The molecule has 5 heteroatoms. The first kappa shape index (κ1) is 14.8. The van der Waals surface area contributed by atoms with E-state index in [1.165, 1.54) is 0 Å². The van der Waals surface area contributed by atoms with Gasteiger partial charge in [0.05, 0.1) is 36.3 Å². The largest absolute Gasteiger partial charge is 0.369 e. The second kappa shape index (κ2) is 7.25. The SMILES string of the molecule is CCCNc1cnc(CN(C)c2cccc(C#N)c2)cn1. The van der Waals surface area contributed by atoms with Gasteiger partial charge in [-0.1, -0.05) is 13.0 Å². The van der Waals surface area contributed by atoms with E-state index < -0.39 is 0 Å². The molecule has 0 aliphatic heterocycles. The summed E-state index contributed by atoms with van der Waals surface area (Å²) in [5, 5.41) is 12.1. The first-order chi connectivity index (χ1) is 10.2. The summed E-state index contributed by atoms with van der Waals surface area (Å²) in [4.78, 5) is 10.8. The van der Waals surface area contributed by atoms with Crippen molar-refractivity contribution in [2.45, 2.75) is 19.9 Å². The Kier molecular flexibility index (Phi) is 5.10. The van der Waals surface area contributed by atoms with Crippen LogP contribution >= 0.6 is 0 Å². The van der Waals surface area contributed by atoms with E-state index >= 15 is 0 Å². The number of anilines is 2. The quantitative estimate of drug-likeness (QED) is 0.882. The van der Waals surface area contributed by atoms with Gasteiger partial charge in [0.15, 0.2) is 0 Å². The molecule has 1 N–H and O–H groups in total. The van der Waals surface area contributed by atoms with Crippen molar-refractivity contribution in [1.29, 1.82) is 5.26 Å². The Morgan fingerprint density at radius 1 is 1.29 bits per heavy atom. The summed E-state index contributed by atoms with van der Waals surface area (Å²) in [6.07, 6.45) is 4.59. The first-order valence-electron chi connectivity index (χ1n) is 6.99. The molecule has 0 atom stereocenters. The predicted octanol–water partition coefficient (Wildman–Crippen LogP) is 2.81. The lowest BCUT2D eigenvalue weighted by Crippen LogP contribution is -2.17. The lowest BCUT2D eigenvalue weighted by molar-refractivity contribution is 0.870. The second-order valence-corrected chi connectivity index (χ2v) is 4.84. The Labute approximate surface area is 125 Å². The standard InChI is InChI=1S/C16H19N5/c1-3-7-18-16-11-19-14(10-20-16)12-21(2)15-6-4-5-13(8-15)9-17/h4-6,8,10-11H,3,7,12H2,1-2H3,(H,18,20). The molecule has 0 aliphatic rings. The third-order valence-corrected chi connectivity index (χ3v) is 3.08. The summed E-state index contributed by atoms with van der Waals surface area (Å²) in [6.45, 7) is 3.66. The third-order valence-electron chi connectivity index (χ3n) is 3.08. The Bertz CT molecular complexity index is 615. The van der Waals surface area contributed by atoms with Crippen LogP contribution in [-0.2, 0) is 6.54 Å². The van der Waals surface area contributed by atoms with E-state index in [-0.39, 0.29) is 0 Å². The summed E-state index contributed by atoms with van der Waals surface area (Å²) < 4.78 is 0. The summed E-state index contributed by atoms with van der Waals surface area (Å²) in [5.41, 5.74) is 2.54. The van der Waals surface area contributed by atoms with Gasteiger partial charge in [0, 0.05) is 19.3 Å². The van der Waals surface area contributed by atoms with Crippen molar-refractivity contribution in [3.8, 4) is 6.07 Å². The van der Waals surface area contributed by atoms with Gasteiger partial charge in [-0.2, -0.15) is 5.26 Å². The maximum Gasteiger partial charge on any atom is 0.144 e. The molecule has 2 rings (SSSR count). The minimum atomic E-state index is 0.649. The van der Waals surface area contributed by atoms with Gasteiger partial charge in [-0.3, -0.25) is 4.98 Å². The van der Waals surface area contributed by atoms with E-state index in [1.807, 2.05) is 30.1 Å². The fourth-order valence-corrected chi connectivity index (χ4v) is 1.93. The van der Waals surface area contributed by atoms with Crippen LogP contribution in [-0.4, -0.2) is 23.6 Å². The van der Waals surface area contributed by atoms with Crippen LogP contribution < -0.4 is 10.2 Å². The zero-order chi connectivity index (χ0) is 15.1. The van der Waals surface area contributed by atoms with E-state index in [9.17, 15) is 0 Å². The highest BCUT2D eigenvalue weighted by Crippen LogP contribution is 2.16. The van der Waals surface area contributed by atoms with Gasteiger partial charge in [0.25, 0.3) is 0 Å². The molecule has 0 fully saturated rings. The average molecular weight is 281 g/mol. The van der Waals surface area contributed by atoms with E-state index in [1.54, 1.807) is 18.5 Å². The molecule has 0 spiro atoms. The Morgan fingerprint density at radius 3 is 2.81 bits per heavy atom. The van der Waals surface area contributed by atoms with Crippen LogP contribution in [0.3, 0.4) is 0 Å². The molecule has 0 amide bonds. The van der Waals surface area contributed by atoms with Crippen molar-refractivity contribution in [2.75, 3.05) is 23.8 Å². The lowest BCUT2D eigenvalue weighted by atomic mass is 10.2. The Morgan fingerprint density at radius 2 is 2.14 bits per heavy atom. The zero-order valence-corrected chi connectivity index (χ0v) is 12.4. The molecule has 1 aromatic heterocycles. The van der Waals surface area contributed by atoms with Gasteiger partial charge < -0.3 is 10.2 Å². The van der Waals surface area contributed by atoms with Crippen LogP contribution in [0.2, 0.25) is 0 Å². The molecule has 0 radical (unpaired) electrons. The molecule has 0 unspecified atom stereocenters. The van der Waals surface area contributed by atoms with Crippen molar-refractivity contribution < 1.29 is 0 Å². The van der Waals surface area contributed by atoms with Crippen LogP contribution in [0.5, 0.6) is 0 Å². The van der Waals surface area contributed by atoms with E-state index in [2.05, 4.69) is 28.3 Å². The van der Waals surface area contributed by atoms with Crippen LogP contribution in [0.1, 0.15) is 24.6 Å². The molecule has 0 bridgehead atoms. The molecular formula is C16H19N5. The minimum Gasteiger partial charge on any atom is -0.369 e. The van der Waals surface area contributed by atoms with E-state index in [0.29, 0.717) is 12.1 Å². The first-order valence-corrected chi connectivity index (χ1v) is 6.99. The highest BCUT2D eigenvalue weighted by Gasteiger charge is 2.05. The molecule has 108 valence electrons. The summed E-state index contributed by atoms with van der Waals surface area (Å²) in [7, 11) is 1.97. The monoisotopic (exact) mass is 281 g/mol. The molecular weight excluding hydrogens is 262 g/mol. The topological polar surface area (TPSA) is 64.8 Å². The molecule has 0 saturated heterocycles. The summed E-state index contributed by atoms with van der Waals surface area (Å²) in [5.74, 6) is 0.801. The van der Waals surface area contributed by atoms with E-state index in [4.69, 9.17) is 5.26 Å². The van der Waals surface area contributed by atoms with Crippen LogP contribution in [0.4, 0.5) is 11.5 Å². The maximum atomic E-state index is 8.94. The zero-order valence-electron chi connectivity index (χ0n) is 12.4. The van der Waals surface area contributed by atoms with E-state index in [0.717, 1.165) is 30.2 Å². The number of nitrogens with zero attached hydrogens (tertiary/aromatic N) is 4. The fraction of sp³-hybridized carbons (Fsp3) is 0.312. The van der Waals surface area contributed by atoms with Gasteiger partial charge in [-0.05, 0) is 24.6 Å². The molecule has 1 heterocycles. The molecule has 0 saturated carbocycles. The minimum absolute atomic E-state index is 0.649. The van der Waals surface area contributed by atoms with Crippen LogP contribution in [0.15, 0.2) is 36.7 Å². The van der Waals surface area contributed by atoms with Gasteiger partial charge in [-0.25, -0.2) is 4.98 Å². The molecule has 2 aromatic rings. The third kappa shape index (κ3) is 4.18. The van der Waals surface area contributed by atoms with Crippen molar-refractivity contribution in [3.05, 3.63) is 47.9 Å². The van der Waals surface area contributed by atoms with Crippen molar-refractivity contribution in [2.24, 2.45) is 0 Å². The smallest absolute Gasteiger partial charge is 0.144 e. The predicted molar refractivity (Wildman–Crippen MR) is 84.1 cm³/mol. The molecule has 0 aliphatic carbocycles. The van der Waals surface area contributed by atoms with Gasteiger partial charge in [-0.15, -0.1) is 0 Å². The highest BCUT2D eigenvalue weighted by atomic mass is 15.1. The number of nitrogens with one attached hydrogen (secondary N) is 1. The summed E-state index contributed by atoms with van der Waals surface area (Å²) in [6, 6.07) is 9.67. The molecule has 21 heavy (non-hydrogen) atoms. The highest BCUT2D eigenvalue weighted by molar-refractivity contribution is 5.51. The number of benzene rings is 1. The second-order valence-electron chi connectivity index (χ2n) is 4.84. The molecule has 1 aromatic carbocycles. The maximum absolute atomic E-state index is 8.94. The lowest BCUT2D eigenvalue weighted by Gasteiger charge is -2.19. The normalized spacial score (nSPS) is 9.95. The fourth-order valence-electron chi connectivity index (χ4n) is 1.93. The molecule has 5 nitrogen and oxygen atoms in total. The average Bonchev–Trinajstić information content (AvgIpc) is 2.54. The van der Waals surface area contributed by atoms with Gasteiger partial charge >= 0.3 is 0 Å². The summed E-state index contributed by atoms with van der Waals surface area (Å²) >= 11 is 0. The van der Waals surface area contributed by atoms with Gasteiger partial charge in [0.1, 0.15) is 5.82 Å². The number of rotatable bonds is 6. The number of aromatic nitrogens is 2. The van der Waals surface area contributed by atoms with Gasteiger partial charge in [0.2, 0.25) is 0 Å².